The number of anilines is 1. The van der Waals surface area contributed by atoms with Crippen molar-refractivity contribution in [2.75, 3.05) is 5.32 Å². The Morgan fingerprint density at radius 3 is 2.92 bits per heavy atom. The van der Waals surface area contributed by atoms with Crippen molar-refractivity contribution in [1.82, 2.24) is 9.55 Å². The lowest BCUT2D eigenvalue weighted by Gasteiger charge is -2.13. The number of hydrogen-bond donors (Lipinski definition) is 1. The van der Waals surface area contributed by atoms with Gasteiger partial charge in [-0.15, -0.1) is 11.3 Å². The van der Waals surface area contributed by atoms with Crippen molar-refractivity contribution in [2.24, 2.45) is 0 Å². The average Bonchev–Trinajstić information content (AvgIpc) is 3.17. The van der Waals surface area contributed by atoms with E-state index in [0.717, 1.165) is 22.3 Å². The zero-order chi connectivity index (χ0) is 17.7. The first-order valence-electron chi connectivity index (χ1n) is 7.55. The number of rotatable bonds is 2. The summed E-state index contributed by atoms with van der Waals surface area (Å²) in [6.07, 6.45) is 0. The minimum absolute atomic E-state index is 0.228. The van der Waals surface area contributed by atoms with Gasteiger partial charge in [0, 0.05) is 5.69 Å². The molecule has 1 aliphatic rings. The van der Waals surface area contributed by atoms with Gasteiger partial charge in [0.05, 0.1) is 5.52 Å². The third-order valence-corrected chi connectivity index (χ3v) is 6.67. The van der Waals surface area contributed by atoms with Crippen molar-refractivity contribution < 1.29 is 4.79 Å². The fourth-order valence-electron chi connectivity index (χ4n) is 2.80. The fourth-order valence-corrected chi connectivity index (χ4v) is 4.96. The van der Waals surface area contributed by atoms with Gasteiger partial charge in [0.1, 0.15) is 20.1 Å². The number of carbonyl (C=O) groups is 1. The highest BCUT2D eigenvalue weighted by Crippen LogP contribution is 2.39. The van der Waals surface area contributed by atoms with E-state index in [0.29, 0.717) is 14.8 Å². The lowest BCUT2D eigenvalue weighted by molar-refractivity contribution is -0.115. The SMILES string of the molecule is Cc1cccc(NC(=O)C2SC(=S)n3c2nc(=O)c2sccc23)c1C. The van der Waals surface area contributed by atoms with Gasteiger partial charge in [0.2, 0.25) is 5.91 Å². The smallest absolute Gasteiger partial charge is 0.290 e. The molecule has 3 heterocycles. The highest BCUT2D eigenvalue weighted by molar-refractivity contribution is 8.23. The molecule has 1 aliphatic heterocycles. The van der Waals surface area contributed by atoms with Crippen molar-refractivity contribution in [2.45, 2.75) is 19.1 Å². The Kier molecular flexibility index (Phi) is 3.98. The van der Waals surface area contributed by atoms with Crippen LogP contribution in [-0.2, 0) is 4.79 Å². The van der Waals surface area contributed by atoms with Crippen LogP contribution in [0.4, 0.5) is 5.69 Å². The van der Waals surface area contributed by atoms with Crippen LogP contribution >= 0.6 is 35.3 Å². The molecule has 5 nitrogen and oxygen atoms in total. The first-order valence-corrected chi connectivity index (χ1v) is 9.72. The highest BCUT2D eigenvalue weighted by Gasteiger charge is 2.36. The number of fused-ring (bicyclic) bond motifs is 3. The van der Waals surface area contributed by atoms with E-state index in [-0.39, 0.29) is 11.5 Å². The van der Waals surface area contributed by atoms with Gasteiger partial charge in [-0.3, -0.25) is 14.2 Å². The maximum absolute atomic E-state index is 12.8. The van der Waals surface area contributed by atoms with Crippen molar-refractivity contribution in [3.8, 4) is 0 Å². The van der Waals surface area contributed by atoms with Crippen LogP contribution in [0.15, 0.2) is 34.4 Å². The summed E-state index contributed by atoms with van der Waals surface area (Å²) in [5.74, 6) is 0.169. The molecular formula is C17H13N3O2S3. The predicted molar refractivity (Wildman–Crippen MR) is 107 cm³/mol. The molecule has 126 valence electrons. The third-order valence-electron chi connectivity index (χ3n) is 4.26. The molecule has 8 heteroatoms. The molecule has 0 saturated heterocycles. The van der Waals surface area contributed by atoms with Gasteiger partial charge in [-0.05, 0) is 42.5 Å². The molecule has 1 aromatic carbocycles. The number of carbonyl (C=O) groups excluding carboxylic acids is 1. The van der Waals surface area contributed by atoms with Gasteiger partial charge >= 0.3 is 0 Å². The molecule has 2 aromatic heterocycles. The molecule has 0 spiro atoms. The quantitative estimate of drug-likeness (QED) is 0.680. The van der Waals surface area contributed by atoms with Crippen molar-refractivity contribution in [1.29, 1.82) is 0 Å². The second-order valence-corrected chi connectivity index (χ2v) is 8.40. The second-order valence-electron chi connectivity index (χ2n) is 5.75. The summed E-state index contributed by atoms with van der Waals surface area (Å²) in [5, 5.41) is 4.14. The predicted octanol–water partition coefficient (Wildman–Crippen LogP) is 3.63. The lowest BCUT2D eigenvalue weighted by atomic mass is 10.1. The van der Waals surface area contributed by atoms with E-state index < -0.39 is 5.25 Å². The van der Waals surface area contributed by atoms with Crippen molar-refractivity contribution in [3.63, 3.8) is 0 Å². The molecule has 3 aromatic rings. The number of hydrogen-bond acceptors (Lipinski definition) is 6. The Balaban J connectivity index is 1.75. The van der Waals surface area contributed by atoms with Crippen LogP contribution in [0.2, 0.25) is 0 Å². The maximum atomic E-state index is 12.8. The van der Waals surface area contributed by atoms with E-state index in [2.05, 4.69) is 10.3 Å². The van der Waals surface area contributed by atoms with Gasteiger partial charge in [0.15, 0.2) is 0 Å². The summed E-state index contributed by atoms with van der Waals surface area (Å²) in [6.45, 7) is 3.96. The first kappa shape index (κ1) is 16.4. The maximum Gasteiger partial charge on any atom is 0.290 e. The number of thiocarbonyl (C=S) groups is 1. The summed E-state index contributed by atoms with van der Waals surface area (Å²) < 4.78 is 2.83. The topological polar surface area (TPSA) is 64.0 Å². The normalized spacial score (nSPS) is 16.2. The van der Waals surface area contributed by atoms with E-state index in [1.165, 1.54) is 23.1 Å². The summed E-state index contributed by atoms with van der Waals surface area (Å²) in [7, 11) is 0. The molecule has 0 aliphatic carbocycles. The van der Waals surface area contributed by atoms with Crippen molar-refractivity contribution >= 4 is 61.4 Å². The second kappa shape index (κ2) is 6.05. The summed E-state index contributed by atoms with van der Waals surface area (Å²) >= 11 is 8.00. The van der Waals surface area contributed by atoms with E-state index in [1.54, 1.807) is 4.57 Å². The van der Waals surface area contributed by atoms with Crippen LogP contribution in [0.5, 0.6) is 0 Å². The van der Waals surface area contributed by atoms with Gasteiger partial charge in [-0.2, -0.15) is 4.98 Å². The molecule has 1 amide bonds. The Bertz CT molecular complexity index is 1100. The van der Waals surface area contributed by atoms with Crippen LogP contribution in [-0.4, -0.2) is 19.8 Å². The largest absolute Gasteiger partial charge is 0.324 e. The molecule has 0 bridgehead atoms. The zero-order valence-corrected chi connectivity index (χ0v) is 15.8. The monoisotopic (exact) mass is 387 g/mol. The van der Waals surface area contributed by atoms with Crippen LogP contribution in [0, 0.1) is 13.8 Å². The van der Waals surface area contributed by atoms with Crippen LogP contribution in [0.25, 0.3) is 10.2 Å². The number of nitrogens with zero attached hydrogens (tertiary/aromatic N) is 2. The molecule has 1 unspecified atom stereocenters. The number of aromatic nitrogens is 2. The van der Waals surface area contributed by atoms with Crippen LogP contribution < -0.4 is 10.9 Å². The highest BCUT2D eigenvalue weighted by atomic mass is 32.2. The third kappa shape index (κ3) is 2.61. The molecular weight excluding hydrogens is 374 g/mol. The number of aryl methyl sites for hydroxylation is 1. The molecule has 0 radical (unpaired) electrons. The minimum Gasteiger partial charge on any atom is -0.324 e. The zero-order valence-electron chi connectivity index (χ0n) is 13.4. The molecule has 0 saturated carbocycles. The molecule has 25 heavy (non-hydrogen) atoms. The number of nitrogens with one attached hydrogen (secondary N) is 1. The van der Waals surface area contributed by atoms with E-state index in [1.807, 2.05) is 43.5 Å². The Morgan fingerprint density at radius 2 is 2.12 bits per heavy atom. The minimum atomic E-state index is -0.635. The molecule has 1 N–H and O–H groups in total. The summed E-state index contributed by atoms with van der Waals surface area (Å²) in [4.78, 5) is 29.2. The van der Waals surface area contributed by atoms with E-state index >= 15 is 0 Å². The number of benzene rings is 1. The van der Waals surface area contributed by atoms with Gasteiger partial charge in [-0.25, -0.2) is 0 Å². The number of thioether (sulfide) groups is 1. The Morgan fingerprint density at radius 1 is 1.32 bits per heavy atom. The lowest BCUT2D eigenvalue weighted by Crippen LogP contribution is -2.22. The molecule has 1 atom stereocenters. The molecule has 0 fully saturated rings. The van der Waals surface area contributed by atoms with Crippen molar-refractivity contribution in [3.05, 3.63) is 57.0 Å². The van der Waals surface area contributed by atoms with E-state index in [9.17, 15) is 9.59 Å². The average molecular weight is 388 g/mol. The van der Waals surface area contributed by atoms with Gasteiger partial charge < -0.3 is 5.32 Å². The summed E-state index contributed by atoms with van der Waals surface area (Å²) in [5.41, 5.74) is 3.28. The standard InChI is InChI=1S/C17H13N3O2S3/c1-8-4-3-5-10(9(8)2)18-16(22)13-14-19-15(21)12-11(6-7-24-12)20(14)17(23)25-13/h3-7,13H,1-2H3,(H,18,22). The van der Waals surface area contributed by atoms with Gasteiger partial charge in [-0.1, -0.05) is 36.1 Å². The fraction of sp³-hybridized carbons (Fsp3) is 0.176. The first-order chi connectivity index (χ1) is 12.0. The Hall–Kier alpha value is -2.03. The molecule has 4 rings (SSSR count). The van der Waals surface area contributed by atoms with Crippen LogP contribution in [0.3, 0.4) is 0 Å². The number of amides is 1. The number of thiophene rings is 1. The summed E-state index contributed by atoms with van der Waals surface area (Å²) in [6, 6.07) is 7.59. The Labute approximate surface area is 157 Å². The van der Waals surface area contributed by atoms with Gasteiger partial charge in [0.25, 0.3) is 5.56 Å². The van der Waals surface area contributed by atoms with E-state index in [4.69, 9.17) is 12.2 Å². The van der Waals surface area contributed by atoms with Crippen LogP contribution in [0.1, 0.15) is 22.2 Å².